The molecule has 0 amide bonds. The van der Waals surface area contributed by atoms with E-state index in [9.17, 15) is 0 Å². The zero-order chi connectivity index (χ0) is 12.5. The highest BCUT2D eigenvalue weighted by Crippen LogP contribution is 2.20. The average Bonchev–Trinajstić information content (AvgIpc) is 2.96. The van der Waals surface area contributed by atoms with Gasteiger partial charge in [0, 0.05) is 30.4 Å². The fraction of sp³-hybridized carbons (Fsp3) is 0.538. The number of hydrogen-bond acceptors (Lipinski definition) is 4. The molecule has 0 aromatic carbocycles. The van der Waals surface area contributed by atoms with Gasteiger partial charge in [0.2, 0.25) is 0 Å². The first-order valence-corrected chi connectivity index (χ1v) is 6.61. The SMILES string of the molecule is CCN1CCCC1Cc1nnc2cc(N)ccn12. The minimum absolute atomic E-state index is 0.611. The largest absolute Gasteiger partial charge is 0.399 e. The van der Waals surface area contributed by atoms with Crippen LogP contribution in [0.4, 0.5) is 5.69 Å². The molecule has 3 rings (SSSR count). The molecule has 5 nitrogen and oxygen atoms in total. The van der Waals surface area contributed by atoms with Crippen LogP contribution in [0.15, 0.2) is 18.3 Å². The lowest BCUT2D eigenvalue weighted by Crippen LogP contribution is -2.31. The van der Waals surface area contributed by atoms with Gasteiger partial charge in [-0.2, -0.15) is 0 Å². The quantitative estimate of drug-likeness (QED) is 0.886. The number of nitrogens with two attached hydrogens (primary N) is 1. The lowest BCUT2D eigenvalue weighted by atomic mass is 10.1. The van der Waals surface area contributed by atoms with Crippen LogP contribution in [0, 0.1) is 0 Å². The van der Waals surface area contributed by atoms with E-state index >= 15 is 0 Å². The maximum atomic E-state index is 5.75. The van der Waals surface area contributed by atoms with Crippen LogP contribution < -0.4 is 5.73 Å². The summed E-state index contributed by atoms with van der Waals surface area (Å²) in [5.74, 6) is 1.04. The molecule has 1 saturated heterocycles. The molecule has 2 aromatic rings. The summed E-state index contributed by atoms with van der Waals surface area (Å²) in [5, 5.41) is 8.49. The molecule has 0 bridgehead atoms. The molecule has 1 aliphatic rings. The van der Waals surface area contributed by atoms with Gasteiger partial charge in [-0.3, -0.25) is 4.40 Å². The summed E-state index contributed by atoms with van der Waals surface area (Å²) in [6.07, 6.45) is 5.49. The molecule has 0 saturated carbocycles. The molecule has 3 heterocycles. The van der Waals surface area contributed by atoms with Crippen molar-refractivity contribution in [1.82, 2.24) is 19.5 Å². The number of anilines is 1. The van der Waals surface area contributed by atoms with E-state index in [2.05, 4.69) is 22.0 Å². The number of likely N-dealkylation sites (N-methyl/N-ethyl adjacent to an activating group) is 1. The predicted octanol–water partition coefficient (Wildman–Crippen LogP) is 1.34. The molecule has 5 heteroatoms. The number of pyridine rings is 1. The van der Waals surface area contributed by atoms with E-state index in [-0.39, 0.29) is 0 Å². The molecule has 0 spiro atoms. The fourth-order valence-electron chi connectivity index (χ4n) is 2.85. The molecule has 0 aliphatic carbocycles. The Balaban J connectivity index is 1.86. The second-order valence-electron chi connectivity index (χ2n) is 4.93. The van der Waals surface area contributed by atoms with Crippen molar-refractivity contribution in [2.24, 2.45) is 0 Å². The Labute approximate surface area is 107 Å². The van der Waals surface area contributed by atoms with Gasteiger partial charge >= 0.3 is 0 Å². The van der Waals surface area contributed by atoms with Gasteiger partial charge in [-0.1, -0.05) is 6.92 Å². The van der Waals surface area contributed by atoms with Crippen molar-refractivity contribution in [2.45, 2.75) is 32.2 Å². The minimum Gasteiger partial charge on any atom is -0.399 e. The van der Waals surface area contributed by atoms with Crippen molar-refractivity contribution in [3.05, 3.63) is 24.2 Å². The number of likely N-dealkylation sites (tertiary alicyclic amines) is 1. The first-order chi connectivity index (χ1) is 8.78. The molecular formula is C13H19N5. The van der Waals surface area contributed by atoms with Gasteiger partial charge in [0.1, 0.15) is 5.82 Å². The molecule has 2 N–H and O–H groups in total. The minimum atomic E-state index is 0.611. The number of fused-ring (bicyclic) bond motifs is 1. The van der Waals surface area contributed by atoms with Crippen molar-refractivity contribution < 1.29 is 0 Å². The third-order valence-corrected chi connectivity index (χ3v) is 3.83. The van der Waals surface area contributed by atoms with Gasteiger partial charge in [-0.25, -0.2) is 0 Å². The molecule has 96 valence electrons. The van der Waals surface area contributed by atoms with Gasteiger partial charge < -0.3 is 10.6 Å². The van der Waals surface area contributed by atoms with E-state index in [1.54, 1.807) is 0 Å². The third kappa shape index (κ3) is 1.95. The first-order valence-electron chi connectivity index (χ1n) is 6.61. The number of aromatic nitrogens is 3. The van der Waals surface area contributed by atoms with E-state index in [1.807, 2.05) is 22.7 Å². The van der Waals surface area contributed by atoms with Crippen LogP contribution in [0.3, 0.4) is 0 Å². The van der Waals surface area contributed by atoms with E-state index in [1.165, 1.54) is 19.4 Å². The van der Waals surface area contributed by atoms with Crippen LogP contribution >= 0.6 is 0 Å². The third-order valence-electron chi connectivity index (χ3n) is 3.83. The number of hydrogen-bond donors (Lipinski definition) is 1. The second-order valence-corrected chi connectivity index (χ2v) is 4.93. The standard InChI is InChI=1S/C13H19N5/c1-2-17-6-3-4-11(17)9-13-16-15-12-8-10(14)5-7-18(12)13/h5,7-8,11H,2-4,6,9,14H2,1H3. The zero-order valence-electron chi connectivity index (χ0n) is 10.7. The maximum absolute atomic E-state index is 5.75. The average molecular weight is 245 g/mol. The molecule has 18 heavy (non-hydrogen) atoms. The Morgan fingerprint density at radius 3 is 3.17 bits per heavy atom. The summed E-state index contributed by atoms with van der Waals surface area (Å²) < 4.78 is 2.04. The highest BCUT2D eigenvalue weighted by molar-refractivity contribution is 5.51. The molecular weight excluding hydrogens is 226 g/mol. The summed E-state index contributed by atoms with van der Waals surface area (Å²) in [6.45, 7) is 4.56. The molecule has 2 aromatic heterocycles. The Bertz CT molecular complexity index is 547. The van der Waals surface area contributed by atoms with Crippen LogP contribution in [0.25, 0.3) is 5.65 Å². The zero-order valence-corrected chi connectivity index (χ0v) is 10.7. The Morgan fingerprint density at radius 2 is 2.33 bits per heavy atom. The number of nitrogen functional groups attached to an aromatic ring is 1. The Hall–Kier alpha value is -1.62. The van der Waals surface area contributed by atoms with E-state index < -0.39 is 0 Å². The van der Waals surface area contributed by atoms with E-state index in [4.69, 9.17) is 5.73 Å². The summed E-state index contributed by atoms with van der Waals surface area (Å²) >= 11 is 0. The molecule has 1 atom stereocenters. The number of rotatable bonds is 3. The van der Waals surface area contributed by atoms with Crippen molar-refractivity contribution in [3.63, 3.8) is 0 Å². The van der Waals surface area contributed by atoms with Crippen LogP contribution in [0.5, 0.6) is 0 Å². The van der Waals surface area contributed by atoms with Crippen LogP contribution in [-0.2, 0) is 6.42 Å². The second kappa shape index (κ2) is 4.57. The predicted molar refractivity (Wildman–Crippen MR) is 71.4 cm³/mol. The first kappa shape index (κ1) is 11.5. The van der Waals surface area contributed by atoms with Crippen molar-refractivity contribution in [1.29, 1.82) is 0 Å². The van der Waals surface area contributed by atoms with Crippen LogP contribution in [0.1, 0.15) is 25.6 Å². The lowest BCUT2D eigenvalue weighted by molar-refractivity contribution is 0.263. The smallest absolute Gasteiger partial charge is 0.162 e. The maximum Gasteiger partial charge on any atom is 0.162 e. The van der Waals surface area contributed by atoms with Gasteiger partial charge in [0.25, 0.3) is 0 Å². The lowest BCUT2D eigenvalue weighted by Gasteiger charge is -2.21. The Kier molecular flexibility index (Phi) is 2.91. The van der Waals surface area contributed by atoms with E-state index in [0.29, 0.717) is 6.04 Å². The summed E-state index contributed by atoms with van der Waals surface area (Å²) in [6, 6.07) is 4.37. The van der Waals surface area contributed by atoms with Crippen LogP contribution in [-0.4, -0.2) is 38.6 Å². The topological polar surface area (TPSA) is 59.5 Å². The van der Waals surface area contributed by atoms with Crippen molar-refractivity contribution in [2.75, 3.05) is 18.8 Å². The molecule has 1 fully saturated rings. The molecule has 0 radical (unpaired) electrons. The highest BCUT2D eigenvalue weighted by Gasteiger charge is 2.24. The van der Waals surface area contributed by atoms with Gasteiger partial charge in [0.05, 0.1) is 0 Å². The Morgan fingerprint density at radius 1 is 1.44 bits per heavy atom. The van der Waals surface area contributed by atoms with Gasteiger partial charge in [-0.15, -0.1) is 10.2 Å². The summed E-state index contributed by atoms with van der Waals surface area (Å²) in [7, 11) is 0. The fourth-order valence-corrected chi connectivity index (χ4v) is 2.85. The van der Waals surface area contributed by atoms with Crippen molar-refractivity contribution in [3.8, 4) is 0 Å². The van der Waals surface area contributed by atoms with E-state index in [0.717, 1.165) is 30.1 Å². The summed E-state index contributed by atoms with van der Waals surface area (Å²) in [5.41, 5.74) is 7.32. The number of nitrogens with zero attached hydrogens (tertiary/aromatic N) is 4. The van der Waals surface area contributed by atoms with Crippen LogP contribution in [0.2, 0.25) is 0 Å². The monoisotopic (exact) mass is 245 g/mol. The molecule has 1 aliphatic heterocycles. The van der Waals surface area contributed by atoms with Gasteiger partial charge in [0.15, 0.2) is 5.65 Å². The highest BCUT2D eigenvalue weighted by atomic mass is 15.3. The van der Waals surface area contributed by atoms with Gasteiger partial charge in [-0.05, 0) is 32.0 Å². The summed E-state index contributed by atoms with van der Waals surface area (Å²) in [4.78, 5) is 2.53. The van der Waals surface area contributed by atoms with Crippen molar-refractivity contribution >= 4 is 11.3 Å². The molecule has 1 unspecified atom stereocenters. The normalized spacial score (nSPS) is 20.8.